The first kappa shape index (κ1) is 15.9. The van der Waals surface area contributed by atoms with Crippen LogP contribution >= 0.6 is 0 Å². The lowest BCUT2D eigenvalue weighted by molar-refractivity contribution is 0.149. The van der Waals surface area contributed by atoms with Crippen LogP contribution in [0.4, 0.5) is 4.39 Å². The third-order valence-electron chi connectivity index (χ3n) is 5.18. The lowest BCUT2D eigenvalue weighted by Crippen LogP contribution is -2.37. The number of hydrogen-bond acceptors (Lipinski definition) is 3. The summed E-state index contributed by atoms with van der Waals surface area (Å²) in [6.07, 6.45) is 3.95. The first-order chi connectivity index (χ1) is 10.8. The number of aliphatic hydroxyl groups excluding tert-OH is 1. The predicted molar refractivity (Wildman–Crippen MR) is 86.0 cm³/mol. The van der Waals surface area contributed by atoms with E-state index in [0.29, 0.717) is 18.4 Å². The molecule has 2 unspecified atom stereocenters. The largest absolute Gasteiger partial charge is 0.396 e. The molecule has 122 valence electrons. The highest BCUT2D eigenvalue weighted by molar-refractivity contribution is 5.17. The highest BCUT2D eigenvalue weighted by Crippen LogP contribution is 2.27. The van der Waals surface area contributed by atoms with Gasteiger partial charge in [-0.1, -0.05) is 24.6 Å². The summed E-state index contributed by atoms with van der Waals surface area (Å²) in [6.45, 7) is 6.22. The molecule has 1 aromatic rings. The van der Waals surface area contributed by atoms with Crippen LogP contribution in [-0.2, 0) is 6.54 Å². The van der Waals surface area contributed by atoms with Gasteiger partial charge in [0, 0.05) is 38.3 Å². The Labute approximate surface area is 132 Å². The van der Waals surface area contributed by atoms with Crippen LogP contribution in [0.1, 0.15) is 24.8 Å². The number of likely N-dealkylation sites (tertiary alicyclic amines) is 2. The van der Waals surface area contributed by atoms with Crippen LogP contribution in [0.2, 0.25) is 0 Å². The van der Waals surface area contributed by atoms with Gasteiger partial charge >= 0.3 is 0 Å². The summed E-state index contributed by atoms with van der Waals surface area (Å²) >= 11 is 0. The fraction of sp³-hybridized carbons (Fsp3) is 0.667. The van der Waals surface area contributed by atoms with Crippen LogP contribution in [0.15, 0.2) is 24.3 Å². The van der Waals surface area contributed by atoms with Gasteiger partial charge in [0.2, 0.25) is 0 Å². The smallest absolute Gasteiger partial charge is 0.127 e. The van der Waals surface area contributed by atoms with E-state index < -0.39 is 0 Å². The van der Waals surface area contributed by atoms with Gasteiger partial charge in [0.15, 0.2) is 0 Å². The Morgan fingerprint density at radius 3 is 2.45 bits per heavy atom. The van der Waals surface area contributed by atoms with E-state index in [-0.39, 0.29) is 12.4 Å². The number of nitrogens with zero attached hydrogens (tertiary/aromatic N) is 2. The lowest BCUT2D eigenvalue weighted by Gasteiger charge is -2.30. The number of piperidine rings is 1. The quantitative estimate of drug-likeness (QED) is 0.904. The van der Waals surface area contributed by atoms with Crippen LogP contribution in [0, 0.1) is 17.7 Å². The van der Waals surface area contributed by atoms with Crippen molar-refractivity contribution in [1.82, 2.24) is 9.80 Å². The minimum absolute atomic E-state index is 0.123. The van der Waals surface area contributed by atoms with Crippen LogP contribution in [0.3, 0.4) is 0 Å². The van der Waals surface area contributed by atoms with Crippen LogP contribution in [0.5, 0.6) is 0 Å². The summed E-state index contributed by atoms with van der Waals surface area (Å²) in [5.41, 5.74) is 0.762. The first-order valence-electron chi connectivity index (χ1n) is 8.55. The van der Waals surface area contributed by atoms with Gasteiger partial charge in [-0.2, -0.15) is 0 Å². The second-order valence-electron chi connectivity index (χ2n) is 6.85. The van der Waals surface area contributed by atoms with Crippen molar-refractivity contribution in [2.24, 2.45) is 11.8 Å². The second-order valence-corrected chi connectivity index (χ2v) is 6.85. The number of rotatable bonds is 5. The SMILES string of the molecule is OCC1CN(Cc2ccccc2F)CC1CN1CCCCC1. The summed E-state index contributed by atoms with van der Waals surface area (Å²) in [5, 5.41) is 9.69. The molecule has 2 aliphatic rings. The third-order valence-corrected chi connectivity index (χ3v) is 5.18. The van der Waals surface area contributed by atoms with Crippen LogP contribution < -0.4 is 0 Å². The van der Waals surface area contributed by atoms with Gasteiger partial charge in [0.05, 0.1) is 0 Å². The number of hydrogen-bond donors (Lipinski definition) is 1. The van der Waals surface area contributed by atoms with Gasteiger partial charge in [0.1, 0.15) is 5.82 Å². The molecule has 2 saturated heterocycles. The molecule has 1 N–H and O–H groups in total. The fourth-order valence-corrected chi connectivity index (χ4v) is 3.92. The molecule has 2 aliphatic heterocycles. The minimum atomic E-state index is -0.123. The van der Waals surface area contributed by atoms with Crippen molar-refractivity contribution in [3.05, 3.63) is 35.6 Å². The Morgan fingerprint density at radius 2 is 1.73 bits per heavy atom. The third kappa shape index (κ3) is 3.86. The molecule has 2 heterocycles. The molecule has 2 atom stereocenters. The summed E-state index contributed by atoms with van der Waals surface area (Å²) in [5.74, 6) is 0.714. The van der Waals surface area contributed by atoms with E-state index in [1.807, 2.05) is 12.1 Å². The first-order valence-corrected chi connectivity index (χ1v) is 8.55. The van der Waals surface area contributed by atoms with E-state index in [0.717, 1.165) is 25.2 Å². The summed E-state index contributed by atoms with van der Waals surface area (Å²) in [4.78, 5) is 4.84. The van der Waals surface area contributed by atoms with E-state index >= 15 is 0 Å². The van der Waals surface area contributed by atoms with E-state index in [9.17, 15) is 9.50 Å². The molecule has 4 heteroatoms. The van der Waals surface area contributed by atoms with Gasteiger partial charge in [-0.25, -0.2) is 4.39 Å². The van der Waals surface area contributed by atoms with E-state index in [1.165, 1.54) is 38.4 Å². The zero-order chi connectivity index (χ0) is 15.4. The molecule has 0 bridgehead atoms. The van der Waals surface area contributed by atoms with Crippen molar-refractivity contribution in [3.8, 4) is 0 Å². The van der Waals surface area contributed by atoms with E-state index in [2.05, 4.69) is 9.80 Å². The van der Waals surface area contributed by atoms with Crippen molar-refractivity contribution < 1.29 is 9.50 Å². The van der Waals surface area contributed by atoms with Gasteiger partial charge in [-0.15, -0.1) is 0 Å². The van der Waals surface area contributed by atoms with Crippen LogP contribution in [-0.4, -0.2) is 54.2 Å². The minimum Gasteiger partial charge on any atom is -0.396 e. The van der Waals surface area contributed by atoms with Gasteiger partial charge in [-0.3, -0.25) is 4.90 Å². The standard InChI is InChI=1S/C18H27FN2O/c19-18-7-3-2-6-15(18)10-21-12-16(17(13-21)14-22)11-20-8-4-1-5-9-20/h2-3,6-7,16-17,22H,1,4-5,8-14H2. The Morgan fingerprint density at radius 1 is 1.00 bits per heavy atom. The number of aliphatic hydroxyl groups is 1. The van der Waals surface area contributed by atoms with Crippen molar-refractivity contribution >= 4 is 0 Å². The zero-order valence-electron chi connectivity index (χ0n) is 13.3. The highest BCUT2D eigenvalue weighted by Gasteiger charge is 2.33. The van der Waals surface area contributed by atoms with Crippen molar-refractivity contribution in [2.75, 3.05) is 39.3 Å². The molecular formula is C18H27FN2O. The summed E-state index contributed by atoms with van der Waals surface area (Å²) in [6, 6.07) is 7.02. The normalized spacial score (nSPS) is 27.4. The molecule has 2 fully saturated rings. The summed E-state index contributed by atoms with van der Waals surface area (Å²) < 4.78 is 13.8. The average molecular weight is 306 g/mol. The molecule has 0 aromatic heterocycles. The molecule has 3 rings (SSSR count). The lowest BCUT2D eigenvalue weighted by atomic mass is 9.95. The molecule has 0 amide bonds. The second kappa shape index (κ2) is 7.53. The maximum atomic E-state index is 13.8. The van der Waals surface area contributed by atoms with E-state index in [1.54, 1.807) is 6.07 Å². The Hall–Kier alpha value is -0.970. The maximum absolute atomic E-state index is 13.8. The molecule has 3 nitrogen and oxygen atoms in total. The molecule has 0 saturated carbocycles. The number of halogens is 1. The number of benzene rings is 1. The average Bonchev–Trinajstić information content (AvgIpc) is 2.92. The van der Waals surface area contributed by atoms with Gasteiger partial charge in [0.25, 0.3) is 0 Å². The molecule has 0 radical (unpaired) electrons. The molecule has 0 aliphatic carbocycles. The Kier molecular flexibility index (Phi) is 5.45. The molecule has 22 heavy (non-hydrogen) atoms. The molecular weight excluding hydrogens is 279 g/mol. The van der Waals surface area contributed by atoms with E-state index in [4.69, 9.17) is 0 Å². The molecule has 1 aromatic carbocycles. The Bertz CT molecular complexity index is 476. The highest BCUT2D eigenvalue weighted by atomic mass is 19.1. The maximum Gasteiger partial charge on any atom is 0.127 e. The summed E-state index contributed by atoms with van der Waals surface area (Å²) in [7, 11) is 0. The van der Waals surface area contributed by atoms with Crippen molar-refractivity contribution in [2.45, 2.75) is 25.8 Å². The van der Waals surface area contributed by atoms with Gasteiger partial charge < -0.3 is 10.0 Å². The monoisotopic (exact) mass is 306 g/mol. The van der Waals surface area contributed by atoms with Crippen LogP contribution in [0.25, 0.3) is 0 Å². The topological polar surface area (TPSA) is 26.7 Å². The molecule has 0 spiro atoms. The predicted octanol–water partition coefficient (Wildman–Crippen LogP) is 2.35. The van der Waals surface area contributed by atoms with Gasteiger partial charge in [-0.05, 0) is 43.8 Å². The van der Waals surface area contributed by atoms with Crippen molar-refractivity contribution in [3.63, 3.8) is 0 Å². The van der Waals surface area contributed by atoms with Crippen molar-refractivity contribution in [1.29, 1.82) is 0 Å². The fourth-order valence-electron chi connectivity index (χ4n) is 3.92. The zero-order valence-corrected chi connectivity index (χ0v) is 13.3. The Balaban J connectivity index is 1.58.